The lowest BCUT2D eigenvalue weighted by Crippen LogP contribution is -2.47. The molecular weight excluding hydrogens is 314 g/mol. The summed E-state index contributed by atoms with van der Waals surface area (Å²) in [4.78, 5) is 11.8. The van der Waals surface area contributed by atoms with Crippen LogP contribution in [0.4, 0.5) is 4.79 Å². The second kappa shape index (κ2) is 6.67. The lowest BCUT2D eigenvalue weighted by Gasteiger charge is -2.39. The normalized spacial score (nSPS) is 19.4. The molecule has 1 aliphatic heterocycles. The Bertz CT molecular complexity index is 714. The van der Waals surface area contributed by atoms with Crippen molar-refractivity contribution in [2.24, 2.45) is 5.41 Å². The van der Waals surface area contributed by atoms with Gasteiger partial charge < -0.3 is 14.8 Å². The minimum absolute atomic E-state index is 0. The first-order valence-corrected chi connectivity index (χ1v) is 7.60. The van der Waals surface area contributed by atoms with Crippen LogP contribution in [0.2, 0.25) is 0 Å². The molecule has 5 heteroatoms. The summed E-state index contributed by atoms with van der Waals surface area (Å²) in [6.45, 7) is 7.12. The lowest BCUT2D eigenvalue weighted by atomic mass is 9.78. The molecule has 1 amide bonds. The third-order valence-electron chi connectivity index (χ3n) is 4.14. The maximum atomic E-state index is 11.8. The summed E-state index contributed by atoms with van der Waals surface area (Å²) < 4.78 is 11.0. The molecule has 1 aliphatic rings. The molecule has 1 fully saturated rings. The summed E-state index contributed by atoms with van der Waals surface area (Å²) in [6, 6.07) is 12.1. The first-order chi connectivity index (χ1) is 10.5. The predicted octanol–water partition coefficient (Wildman–Crippen LogP) is 4.47. The van der Waals surface area contributed by atoms with E-state index in [2.05, 4.69) is 37.4 Å². The summed E-state index contributed by atoms with van der Waals surface area (Å²) in [7, 11) is 0. The zero-order valence-corrected chi connectivity index (χ0v) is 14.4. The molecule has 0 saturated carbocycles. The molecule has 0 aliphatic carbocycles. The molecule has 1 saturated heterocycles. The van der Waals surface area contributed by atoms with E-state index in [4.69, 9.17) is 9.47 Å². The van der Waals surface area contributed by atoms with E-state index in [1.54, 1.807) is 0 Å². The number of carbonyl (C=O) groups is 1. The van der Waals surface area contributed by atoms with Crippen molar-refractivity contribution in [2.45, 2.75) is 26.8 Å². The Morgan fingerprint density at radius 1 is 1.26 bits per heavy atom. The molecule has 0 spiro atoms. The van der Waals surface area contributed by atoms with Gasteiger partial charge in [0.1, 0.15) is 12.4 Å². The number of cyclic esters (lactones) is 1. The van der Waals surface area contributed by atoms with Crippen LogP contribution in [0.25, 0.3) is 10.8 Å². The van der Waals surface area contributed by atoms with Crippen molar-refractivity contribution >= 4 is 29.3 Å². The maximum absolute atomic E-state index is 11.8. The fraction of sp³-hybridized carbons (Fsp3) is 0.389. The van der Waals surface area contributed by atoms with Gasteiger partial charge in [0.05, 0.1) is 12.6 Å². The largest absolute Gasteiger partial charge is 0.493 e. The minimum atomic E-state index is -0.375. The third kappa shape index (κ3) is 3.22. The van der Waals surface area contributed by atoms with Gasteiger partial charge in [0.25, 0.3) is 0 Å². The van der Waals surface area contributed by atoms with Crippen molar-refractivity contribution in [1.29, 1.82) is 0 Å². The second-order valence-electron chi connectivity index (χ2n) is 6.27. The molecule has 2 aromatic carbocycles. The molecule has 0 unspecified atom stereocenters. The molecule has 23 heavy (non-hydrogen) atoms. The van der Waals surface area contributed by atoms with Gasteiger partial charge >= 0.3 is 6.09 Å². The van der Waals surface area contributed by atoms with Crippen LogP contribution < -0.4 is 10.1 Å². The van der Waals surface area contributed by atoms with Gasteiger partial charge in [-0.3, -0.25) is 0 Å². The van der Waals surface area contributed by atoms with E-state index in [1.165, 1.54) is 0 Å². The van der Waals surface area contributed by atoms with Crippen LogP contribution in [0, 0.1) is 5.41 Å². The van der Waals surface area contributed by atoms with Crippen molar-refractivity contribution in [3.05, 3.63) is 42.0 Å². The predicted molar refractivity (Wildman–Crippen MR) is 93.4 cm³/mol. The van der Waals surface area contributed by atoms with E-state index in [1.807, 2.05) is 25.1 Å². The van der Waals surface area contributed by atoms with Crippen LogP contribution in [0.5, 0.6) is 5.75 Å². The van der Waals surface area contributed by atoms with Gasteiger partial charge in [0.15, 0.2) is 0 Å². The fourth-order valence-electron chi connectivity index (χ4n) is 3.01. The number of hydrogen-bond acceptors (Lipinski definition) is 3. The molecule has 1 heterocycles. The molecular formula is C18H22ClNO3. The SMILES string of the molecule is CCOc1ccc2ccccc2c1[C@H]1NC(=O)OCC1(C)C.Cl. The Labute approximate surface area is 142 Å². The molecule has 0 aromatic heterocycles. The Morgan fingerprint density at radius 3 is 2.74 bits per heavy atom. The van der Waals surface area contributed by atoms with Gasteiger partial charge in [-0.25, -0.2) is 4.79 Å². The van der Waals surface area contributed by atoms with E-state index < -0.39 is 0 Å². The number of ether oxygens (including phenoxy) is 2. The zero-order chi connectivity index (χ0) is 15.7. The number of halogens is 1. The fourth-order valence-corrected chi connectivity index (χ4v) is 3.01. The van der Waals surface area contributed by atoms with Gasteiger partial charge in [-0.05, 0) is 23.8 Å². The number of carbonyl (C=O) groups excluding carboxylic acids is 1. The minimum Gasteiger partial charge on any atom is -0.493 e. The summed E-state index contributed by atoms with van der Waals surface area (Å²) in [5, 5.41) is 5.21. The van der Waals surface area contributed by atoms with Crippen molar-refractivity contribution in [2.75, 3.05) is 13.2 Å². The Balaban J connectivity index is 0.00000192. The number of hydrogen-bond donors (Lipinski definition) is 1. The monoisotopic (exact) mass is 335 g/mol. The van der Waals surface area contributed by atoms with Crippen LogP contribution in [0.1, 0.15) is 32.4 Å². The smallest absolute Gasteiger partial charge is 0.407 e. The quantitative estimate of drug-likeness (QED) is 0.900. The number of benzene rings is 2. The third-order valence-corrected chi connectivity index (χ3v) is 4.14. The van der Waals surface area contributed by atoms with Crippen molar-refractivity contribution in [3.63, 3.8) is 0 Å². The Hall–Kier alpha value is -1.94. The van der Waals surface area contributed by atoms with Crippen molar-refractivity contribution in [1.82, 2.24) is 5.32 Å². The van der Waals surface area contributed by atoms with Crippen LogP contribution in [0.3, 0.4) is 0 Å². The van der Waals surface area contributed by atoms with Crippen molar-refractivity contribution in [3.8, 4) is 5.75 Å². The lowest BCUT2D eigenvalue weighted by molar-refractivity contribution is 0.0384. The molecule has 1 N–H and O–H groups in total. The average Bonchev–Trinajstić information content (AvgIpc) is 2.50. The van der Waals surface area contributed by atoms with E-state index >= 15 is 0 Å². The first kappa shape index (κ1) is 17.4. The summed E-state index contributed by atoms with van der Waals surface area (Å²) >= 11 is 0. The molecule has 1 atom stereocenters. The number of nitrogens with one attached hydrogen (secondary N) is 1. The molecule has 3 rings (SSSR count). The molecule has 0 radical (unpaired) electrons. The first-order valence-electron chi connectivity index (χ1n) is 7.60. The highest BCUT2D eigenvalue weighted by Gasteiger charge is 2.40. The summed E-state index contributed by atoms with van der Waals surface area (Å²) in [5.41, 5.74) is 0.811. The maximum Gasteiger partial charge on any atom is 0.407 e. The van der Waals surface area contributed by atoms with Gasteiger partial charge in [-0.15, -0.1) is 12.4 Å². The van der Waals surface area contributed by atoms with Crippen LogP contribution in [0.15, 0.2) is 36.4 Å². The topological polar surface area (TPSA) is 47.6 Å². The van der Waals surface area contributed by atoms with E-state index in [-0.39, 0.29) is 30.0 Å². The van der Waals surface area contributed by atoms with Gasteiger partial charge in [-0.1, -0.05) is 44.2 Å². The Kier molecular flexibility index (Phi) is 5.05. The van der Waals surface area contributed by atoms with Crippen molar-refractivity contribution < 1.29 is 14.3 Å². The molecule has 0 bridgehead atoms. The highest BCUT2D eigenvalue weighted by molar-refractivity contribution is 5.89. The van der Waals surface area contributed by atoms with E-state index in [0.29, 0.717) is 13.2 Å². The molecule has 4 nitrogen and oxygen atoms in total. The summed E-state index contributed by atoms with van der Waals surface area (Å²) in [6.07, 6.45) is -0.375. The number of rotatable bonds is 3. The van der Waals surface area contributed by atoms with E-state index in [9.17, 15) is 4.79 Å². The van der Waals surface area contributed by atoms with Crippen LogP contribution in [-0.2, 0) is 4.74 Å². The Morgan fingerprint density at radius 2 is 2.00 bits per heavy atom. The second-order valence-corrected chi connectivity index (χ2v) is 6.27. The number of fused-ring (bicyclic) bond motifs is 1. The van der Waals surface area contributed by atoms with Crippen LogP contribution in [-0.4, -0.2) is 19.3 Å². The number of alkyl carbamates (subject to hydrolysis) is 1. The van der Waals surface area contributed by atoms with Gasteiger partial charge in [0.2, 0.25) is 0 Å². The van der Waals surface area contributed by atoms with Gasteiger partial charge in [0, 0.05) is 11.0 Å². The van der Waals surface area contributed by atoms with Gasteiger partial charge in [-0.2, -0.15) is 0 Å². The van der Waals surface area contributed by atoms with E-state index in [0.717, 1.165) is 22.1 Å². The average molecular weight is 336 g/mol. The van der Waals surface area contributed by atoms with Crippen LogP contribution >= 0.6 is 12.4 Å². The zero-order valence-electron chi connectivity index (χ0n) is 13.6. The molecule has 124 valence electrons. The highest BCUT2D eigenvalue weighted by Crippen LogP contribution is 2.43. The summed E-state index contributed by atoms with van der Waals surface area (Å²) in [5.74, 6) is 0.821. The standard InChI is InChI=1S/C18H21NO3.ClH/c1-4-21-14-10-9-12-7-5-6-8-13(12)15(14)16-18(2,3)11-22-17(20)19-16;/h5-10,16H,4,11H2,1-3H3,(H,19,20);1H/t16-;/m1./s1. The number of amides is 1. The molecule has 2 aromatic rings. The highest BCUT2D eigenvalue weighted by atomic mass is 35.5.